The van der Waals surface area contributed by atoms with Crippen LogP contribution in [-0.2, 0) is 10.0 Å². The Morgan fingerprint density at radius 2 is 2.00 bits per heavy atom. The van der Waals surface area contributed by atoms with E-state index in [1.165, 1.54) is 0 Å². The molecule has 7 heteroatoms. The van der Waals surface area contributed by atoms with Gasteiger partial charge in [-0.2, -0.15) is 4.31 Å². The van der Waals surface area contributed by atoms with Crippen LogP contribution in [-0.4, -0.2) is 30.0 Å². The summed E-state index contributed by atoms with van der Waals surface area (Å²) in [6.07, 6.45) is 3.42. The third kappa shape index (κ3) is 3.01. The van der Waals surface area contributed by atoms with Gasteiger partial charge in [-0.25, -0.2) is 8.42 Å². The van der Waals surface area contributed by atoms with Gasteiger partial charge in [0.2, 0.25) is 10.0 Å². The van der Waals surface area contributed by atoms with E-state index in [0.717, 1.165) is 15.8 Å². The third-order valence-electron chi connectivity index (χ3n) is 3.24. The minimum Gasteiger partial charge on any atom is -0.264 e. The summed E-state index contributed by atoms with van der Waals surface area (Å²) < 4.78 is 28.0. The zero-order valence-electron chi connectivity index (χ0n) is 11.0. The molecule has 0 radical (unpaired) electrons. The predicted octanol–water partition coefficient (Wildman–Crippen LogP) is 3.28. The van der Waals surface area contributed by atoms with Gasteiger partial charge in [-0.1, -0.05) is 22.0 Å². The van der Waals surface area contributed by atoms with Crippen molar-refractivity contribution in [1.82, 2.24) is 9.29 Å². The molecule has 2 heterocycles. The Hall–Kier alpha value is -0.890. The van der Waals surface area contributed by atoms with Crippen molar-refractivity contribution in [2.45, 2.75) is 10.3 Å². The largest absolute Gasteiger partial charge is 0.264 e. The second kappa shape index (κ2) is 6.08. The van der Waals surface area contributed by atoms with Crippen LogP contribution < -0.4 is 0 Å². The van der Waals surface area contributed by atoms with Crippen molar-refractivity contribution < 1.29 is 8.42 Å². The SMILES string of the molecule is O=S(=O)(c1ccc(Br)cc1)N1CCS[C@H]1c1cccnc1. The topological polar surface area (TPSA) is 50.3 Å². The van der Waals surface area contributed by atoms with Gasteiger partial charge in [-0.15, -0.1) is 11.8 Å². The van der Waals surface area contributed by atoms with Gasteiger partial charge in [0.15, 0.2) is 0 Å². The number of hydrogen-bond acceptors (Lipinski definition) is 4. The van der Waals surface area contributed by atoms with E-state index in [1.807, 2.05) is 12.1 Å². The van der Waals surface area contributed by atoms with Gasteiger partial charge in [-0.05, 0) is 35.9 Å². The molecule has 2 aromatic rings. The van der Waals surface area contributed by atoms with Gasteiger partial charge in [0.05, 0.1) is 10.3 Å². The van der Waals surface area contributed by atoms with Crippen molar-refractivity contribution in [3.05, 3.63) is 58.8 Å². The molecule has 0 N–H and O–H groups in total. The average Bonchev–Trinajstić information content (AvgIpc) is 2.99. The van der Waals surface area contributed by atoms with E-state index in [-0.39, 0.29) is 5.37 Å². The first-order valence-corrected chi connectivity index (χ1v) is 9.66. The molecule has 1 fully saturated rings. The molecule has 4 nitrogen and oxygen atoms in total. The van der Waals surface area contributed by atoms with Gasteiger partial charge < -0.3 is 0 Å². The molecule has 0 bridgehead atoms. The summed E-state index contributed by atoms with van der Waals surface area (Å²) in [5.41, 5.74) is 0.917. The molecule has 1 atom stereocenters. The predicted molar refractivity (Wildman–Crippen MR) is 87.5 cm³/mol. The van der Waals surface area contributed by atoms with Gasteiger partial charge >= 0.3 is 0 Å². The standard InChI is InChI=1S/C14H13BrN2O2S2/c15-12-3-5-13(6-4-12)21(18,19)17-8-9-20-14(17)11-2-1-7-16-10-11/h1-7,10,14H,8-9H2/t14-/m0/s1. The molecule has 0 aliphatic carbocycles. The fourth-order valence-electron chi connectivity index (χ4n) is 2.23. The Balaban J connectivity index is 1.96. The van der Waals surface area contributed by atoms with E-state index in [4.69, 9.17) is 0 Å². The lowest BCUT2D eigenvalue weighted by Gasteiger charge is -2.23. The second-order valence-electron chi connectivity index (χ2n) is 4.58. The first-order chi connectivity index (χ1) is 10.1. The smallest absolute Gasteiger partial charge is 0.244 e. The summed E-state index contributed by atoms with van der Waals surface area (Å²) in [5, 5.41) is -0.202. The molecule has 1 aliphatic heterocycles. The number of rotatable bonds is 3. The third-order valence-corrected chi connectivity index (χ3v) is 7.04. The highest BCUT2D eigenvalue weighted by molar-refractivity contribution is 9.10. The van der Waals surface area contributed by atoms with E-state index < -0.39 is 10.0 Å². The fourth-order valence-corrected chi connectivity index (χ4v) is 5.71. The van der Waals surface area contributed by atoms with Gasteiger partial charge in [0, 0.05) is 29.2 Å². The summed E-state index contributed by atoms with van der Waals surface area (Å²) in [4.78, 5) is 4.41. The molecular formula is C14H13BrN2O2S2. The maximum absolute atomic E-state index is 12.8. The van der Waals surface area contributed by atoms with Crippen molar-refractivity contribution in [1.29, 1.82) is 0 Å². The summed E-state index contributed by atoms with van der Waals surface area (Å²) >= 11 is 4.95. The van der Waals surface area contributed by atoms with Crippen LogP contribution in [0.2, 0.25) is 0 Å². The number of thioether (sulfide) groups is 1. The minimum absolute atomic E-state index is 0.202. The van der Waals surface area contributed by atoms with E-state index in [0.29, 0.717) is 11.4 Å². The van der Waals surface area contributed by atoms with Crippen LogP contribution in [0.5, 0.6) is 0 Å². The van der Waals surface area contributed by atoms with Crippen LogP contribution in [0.25, 0.3) is 0 Å². The van der Waals surface area contributed by atoms with Crippen LogP contribution in [0.15, 0.2) is 58.2 Å². The molecule has 21 heavy (non-hydrogen) atoms. The van der Waals surface area contributed by atoms with E-state index in [9.17, 15) is 8.42 Å². The minimum atomic E-state index is -3.49. The number of pyridine rings is 1. The number of benzene rings is 1. The Kier molecular flexibility index (Phi) is 4.35. The van der Waals surface area contributed by atoms with Crippen molar-refractivity contribution in [3.8, 4) is 0 Å². The van der Waals surface area contributed by atoms with Crippen LogP contribution >= 0.6 is 27.7 Å². The highest BCUT2D eigenvalue weighted by atomic mass is 79.9. The zero-order chi connectivity index (χ0) is 14.9. The van der Waals surface area contributed by atoms with Crippen molar-refractivity contribution >= 4 is 37.7 Å². The zero-order valence-corrected chi connectivity index (χ0v) is 14.2. The van der Waals surface area contributed by atoms with E-state index >= 15 is 0 Å². The van der Waals surface area contributed by atoms with Crippen LogP contribution in [0.1, 0.15) is 10.9 Å². The molecule has 1 aromatic carbocycles. The monoisotopic (exact) mass is 384 g/mol. The Labute approximate surface area is 136 Å². The maximum Gasteiger partial charge on any atom is 0.244 e. The Bertz CT molecular complexity index is 720. The first-order valence-electron chi connectivity index (χ1n) is 6.38. The average molecular weight is 385 g/mol. The lowest BCUT2D eigenvalue weighted by molar-refractivity contribution is 0.434. The first kappa shape index (κ1) is 15.0. The molecule has 0 amide bonds. The normalized spacial score (nSPS) is 19.8. The fraction of sp³-hybridized carbons (Fsp3) is 0.214. The molecule has 3 rings (SSSR count). The van der Waals surface area contributed by atoms with Crippen LogP contribution in [0, 0.1) is 0 Å². The van der Waals surface area contributed by atoms with E-state index in [1.54, 1.807) is 52.7 Å². The highest BCUT2D eigenvalue weighted by Gasteiger charge is 2.36. The molecule has 0 spiro atoms. The second-order valence-corrected chi connectivity index (χ2v) is 8.57. The highest BCUT2D eigenvalue weighted by Crippen LogP contribution is 2.41. The van der Waals surface area contributed by atoms with Crippen molar-refractivity contribution in [2.75, 3.05) is 12.3 Å². The van der Waals surface area contributed by atoms with Gasteiger partial charge in [-0.3, -0.25) is 4.98 Å². The number of halogens is 1. The summed E-state index contributed by atoms with van der Waals surface area (Å²) in [6, 6.07) is 10.5. The van der Waals surface area contributed by atoms with E-state index in [2.05, 4.69) is 20.9 Å². The molecular weight excluding hydrogens is 372 g/mol. The quantitative estimate of drug-likeness (QED) is 0.814. The summed E-state index contributed by atoms with van der Waals surface area (Å²) in [7, 11) is -3.49. The van der Waals surface area contributed by atoms with Crippen molar-refractivity contribution in [3.63, 3.8) is 0 Å². The molecule has 1 saturated heterocycles. The number of hydrogen-bond donors (Lipinski definition) is 0. The Morgan fingerprint density at radius 1 is 1.24 bits per heavy atom. The lowest BCUT2D eigenvalue weighted by Crippen LogP contribution is -2.30. The Morgan fingerprint density at radius 3 is 2.67 bits per heavy atom. The maximum atomic E-state index is 12.8. The molecule has 0 saturated carbocycles. The van der Waals surface area contributed by atoms with Gasteiger partial charge in [0.25, 0.3) is 0 Å². The molecule has 0 unspecified atom stereocenters. The van der Waals surface area contributed by atoms with Crippen LogP contribution in [0.3, 0.4) is 0 Å². The molecule has 110 valence electrons. The number of aromatic nitrogens is 1. The molecule has 1 aliphatic rings. The van der Waals surface area contributed by atoms with Crippen LogP contribution in [0.4, 0.5) is 0 Å². The number of sulfonamides is 1. The van der Waals surface area contributed by atoms with Gasteiger partial charge in [0.1, 0.15) is 0 Å². The summed E-state index contributed by atoms with van der Waals surface area (Å²) in [5.74, 6) is 0.787. The lowest BCUT2D eigenvalue weighted by atomic mass is 10.3. The van der Waals surface area contributed by atoms with Crippen molar-refractivity contribution in [2.24, 2.45) is 0 Å². The molecule has 1 aromatic heterocycles. The summed E-state index contributed by atoms with van der Waals surface area (Å²) in [6.45, 7) is 0.516. The number of nitrogens with zero attached hydrogens (tertiary/aromatic N) is 2.